The van der Waals surface area contributed by atoms with E-state index in [-0.39, 0.29) is 24.1 Å². The van der Waals surface area contributed by atoms with Crippen LogP contribution >= 0.6 is 0 Å². The van der Waals surface area contributed by atoms with Gasteiger partial charge in [-0.05, 0) is 37.5 Å². The molecule has 0 fully saturated rings. The van der Waals surface area contributed by atoms with Crippen molar-refractivity contribution in [3.8, 4) is 0 Å². The van der Waals surface area contributed by atoms with E-state index in [4.69, 9.17) is 5.11 Å². The minimum atomic E-state index is -4.40. The second-order valence-electron chi connectivity index (χ2n) is 4.80. The number of carbonyl (C=O) groups is 1. The third-order valence-electron chi connectivity index (χ3n) is 3.32. The molecule has 1 aromatic heterocycles. The zero-order valence-electron chi connectivity index (χ0n) is 11.9. The number of aromatic nitrogens is 2. The number of carboxylic acid groups (broad SMARTS) is 1. The predicted molar refractivity (Wildman–Crippen MR) is 73.7 cm³/mol. The fraction of sp³-hybridized carbons (Fsp3) is 0.333. The molecule has 0 unspecified atom stereocenters. The molecule has 118 valence electrons. The van der Waals surface area contributed by atoms with Crippen molar-refractivity contribution >= 4 is 5.97 Å². The second-order valence-corrected chi connectivity index (χ2v) is 4.80. The zero-order valence-corrected chi connectivity index (χ0v) is 11.9. The Morgan fingerprint density at radius 3 is 2.50 bits per heavy atom. The van der Waals surface area contributed by atoms with E-state index in [2.05, 4.69) is 5.10 Å². The third kappa shape index (κ3) is 3.47. The molecule has 0 bridgehead atoms. The molecule has 2 rings (SSSR count). The number of aryl methyl sites for hydroxylation is 3. The zero-order chi connectivity index (χ0) is 16.3. The summed E-state index contributed by atoms with van der Waals surface area (Å²) in [5.74, 6) is -1.10. The number of carboxylic acids is 1. The van der Waals surface area contributed by atoms with Crippen molar-refractivity contribution in [2.24, 2.45) is 0 Å². The van der Waals surface area contributed by atoms with E-state index < -0.39 is 17.7 Å². The summed E-state index contributed by atoms with van der Waals surface area (Å²) >= 11 is 0. The van der Waals surface area contributed by atoms with Crippen LogP contribution in [-0.2, 0) is 25.6 Å². The summed E-state index contributed by atoms with van der Waals surface area (Å²) in [5, 5.41) is 13.1. The van der Waals surface area contributed by atoms with Crippen LogP contribution in [0.5, 0.6) is 0 Å². The Bertz CT molecular complexity index is 678. The molecule has 0 aliphatic heterocycles. The maximum Gasteiger partial charge on any atom is 0.416 e. The van der Waals surface area contributed by atoms with E-state index >= 15 is 0 Å². The number of hydrogen-bond donors (Lipinski definition) is 1. The van der Waals surface area contributed by atoms with Crippen molar-refractivity contribution in [2.75, 3.05) is 0 Å². The van der Waals surface area contributed by atoms with E-state index in [0.29, 0.717) is 12.2 Å². The number of rotatable bonds is 5. The first-order chi connectivity index (χ1) is 10.3. The van der Waals surface area contributed by atoms with E-state index in [9.17, 15) is 18.0 Å². The van der Waals surface area contributed by atoms with Crippen LogP contribution in [0.3, 0.4) is 0 Å². The first kappa shape index (κ1) is 16.1. The molecule has 1 heterocycles. The molecule has 0 saturated carbocycles. The lowest BCUT2D eigenvalue weighted by atomic mass is 10.0. The molecule has 0 saturated heterocycles. The largest absolute Gasteiger partial charge is 0.477 e. The first-order valence-corrected chi connectivity index (χ1v) is 6.78. The summed E-state index contributed by atoms with van der Waals surface area (Å²) < 4.78 is 40.0. The van der Waals surface area contributed by atoms with Crippen LogP contribution in [0.1, 0.15) is 34.2 Å². The van der Waals surface area contributed by atoms with Crippen molar-refractivity contribution in [1.82, 2.24) is 9.78 Å². The molecule has 0 aliphatic carbocycles. The van der Waals surface area contributed by atoms with Crippen LogP contribution in [0.15, 0.2) is 30.3 Å². The van der Waals surface area contributed by atoms with Crippen molar-refractivity contribution in [1.29, 1.82) is 0 Å². The Morgan fingerprint density at radius 2 is 1.95 bits per heavy atom. The van der Waals surface area contributed by atoms with Gasteiger partial charge in [0, 0.05) is 6.54 Å². The molecule has 0 aliphatic rings. The van der Waals surface area contributed by atoms with Crippen LogP contribution in [0.25, 0.3) is 0 Å². The average molecular weight is 312 g/mol. The molecular weight excluding hydrogens is 297 g/mol. The summed E-state index contributed by atoms with van der Waals surface area (Å²) in [7, 11) is 0. The van der Waals surface area contributed by atoms with Crippen molar-refractivity contribution < 1.29 is 23.1 Å². The number of benzene rings is 1. The van der Waals surface area contributed by atoms with Gasteiger partial charge in [0.25, 0.3) is 0 Å². The quantitative estimate of drug-likeness (QED) is 0.920. The van der Waals surface area contributed by atoms with Gasteiger partial charge in [0.15, 0.2) is 0 Å². The minimum absolute atomic E-state index is 0.0432. The monoisotopic (exact) mass is 312 g/mol. The normalized spacial score (nSPS) is 11.6. The molecule has 4 nitrogen and oxygen atoms in total. The van der Waals surface area contributed by atoms with Crippen LogP contribution < -0.4 is 0 Å². The molecule has 22 heavy (non-hydrogen) atoms. The Hall–Kier alpha value is -2.31. The first-order valence-electron chi connectivity index (χ1n) is 6.78. The van der Waals surface area contributed by atoms with Gasteiger partial charge in [0.05, 0.1) is 11.3 Å². The highest BCUT2D eigenvalue weighted by Gasteiger charge is 2.32. The van der Waals surface area contributed by atoms with E-state index in [1.165, 1.54) is 22.9 Å². The van der Waals surface area contributed by atoms with Gasteiger partial charge >= 0.3 is 12.1 Å². The van der Waals surface area contributed by atoms with E-state index in [1.54, 1.807) is 13.0 Å². The number of alkyl halides is 3. The maximum atomic E-state index is 12.9. The highest BCUT2D eigenvalue weighted by Crippen LogP contribution is 2.32. The molecule has 1 aromatic carbocycles. The fourth-order valence-electron chi connectivity index (χ4n) is 2.28. The summed E-state index contributed by atoms with van der Waals surface area (Å²) in [4.78, 5) is 11.0. The van der Waals surface area contributed by atoms with Gasteiger partial charge < -0.3 is 5.11 Å². The number of hydrogen-bond acceptors (Lipinski definition) is 2. The fourth-order valence-corrected chi connectivity index (χ4v) is 2.28. The van der Waals surface area contributed by atoms with Crippen LogP contribution in [0.2, 0.25) is 0 Å². The molecule has 0 radical (unpaired) electrons. The predicted octanol–water partition coefficient (Wildman–Crippen LogP) is 3.41. The lowest BCUT2D eigenvalue weighted by Crippen LogP contribution is -2.10. The average Bonchev–Trinajstić information content (AvgIpc) is 2.88. The SMILES string of the molecule is CCn1nc(CCc2ccccc2C(F)(F)F)cc1C(=O)O. The van der Waals surface area contributed by atoms with E-state index in [1.807, 2.05) is 0 Å². The van der Waals surface area contributed by atoms with Gasteiger partial charge in [0.1, 0.15) is 5.69 Å². The second kappa shape index (κ2) is 6.21. The lowest BCUT2D eigenvalue weighted by molar-refractivity contribution is -0.138. The summed E-state index contributed by atoms with van der Waals surface area (Å²) in [5.41, 5.74) is 0.0270. The number of aromatic carboxylic acids is 1. The summed E-state index contributed by atoms with van der Waals surface area (Å²) in [6.07, 6.45) is -4.00. The molecule has 2 aromatic rings. The van der Waals surface area contributed by atoms with Crippen LogP contribution in [0, 0.1) is 0 Å². The Labute approximate surface area is 125 Å². The van der Waals surface area contributed by atoms with Crippen LogP contribution in [-0.4, -0.2) is 20.9 Å². The number of nitrogens with zero attached hydrogens (tertiary/aromatic N) is 2. The van der Waals surface area contributed by atoms with Crippen LogP contribution in [0.4, 0.5) is 13.2 Å². The van der Waals surface area contributed by atoms with E-state index in [0.717, 1.165) is 6.07 Å². The standard InChI is InChI=1S/C15H15F3N2O2/c1-2-20-13(14(21)22)9-11(19-20)8-7-10-5-3-4-6-12(10)15(16,17)18/h3-6,9H,2,7-8H2,1H3,(H,21,22). The summed E-state index contributed by atoms with van der Waals surface area (Å²) in [6, 6.07) is 6.78. The van der Waals surface area contributed by atoms with Crippen molar-refractivity contribution in [3.63, 3.8) is 0 Å². The minimum Gasteiger partial charge on any atom is -0.477 e. The van der Waals surface area contributed by atoms with Gasteiger partial charge in [0.2, 0.25) is 0 Å². The van der Waals surface area contributed by atoms with Gasteiger partial charge in [-0.1, -0.05) is 18.2 Å². The lowest BCUT2D eigenvalue weighted by Gasteiger charge is -2.11. The number of halogens is 3. The van der Waals surface area contributed by atoms with Crippen molar-refractivity contribution in [2.45, 2.75) is 32.5 Å². The molecule has 0 amide bonds. The molecule has 1 N–H and O–H groups in total. The topological polar surface area (TPSA) is 55.1 Å². The van der Waals surface area contributed by atoms with Gasteiger partial charge in [-0.2, -0.15) is 18.3 Å². The molecule has 0 spiro atoms. The highest BCUT2D eigenvalue weighted by atomic mass is 19.4. The maximum absolute atomic E-state index is 12.9. The van der Waals surface area contributed by atoms with Gasteiger partial charge in [-0.3, -0.25) is 4.68 Å². The Morgan fingerprint density at radius 1 is 1.27 bits per heavy atom. The molecule has 0 atom stereocenters. The Balaban J connectivity index is 2.19. The summed E-state index contributed by atoms with van der Waals surface area (Å²) in [6.45, 7) is 2.14. The van der Waals surface area contributed by atoms with Gasteiger partial charge in [-0.25, -0.2) is 4.79 Å². The third-order valence-corrected chi connectivity index (χ3v) is 3.32. The highest BCUT2D eigenvalue weighted by molar-refractivity contribution is 5.85. The molecular formula is C15H15F3N2O2. The molecule has 7 heteroatoms. The smallest absolute Gasteiger partial charge is 0.416 e. The Kier molecular flexibility index (Phi) is 4.54. The van der Waals surface area contributed by atoms with Gasteiger partial charge in [-0.15, -0.1) is 0 Å². The van der Waals surface area contributed by atoms with Crippen molar-refractivity contribution in [3.05, 3.63) is 52.8 Å².